The van der Waals surface area contributed by atoms with E-state index in [1.165, 1.54) is 0 Å². The zero-order valence-corrected chi connectivity index (χ0v) is 15.6. The molecule has 1 N–H and O–H groups in total. The van der Waals surface area contributed by atoms with Crippen LogP contribution < -0.4 is 4.74 Å². The van der Waals surface area contributed by atoms with Crippen molar-refractivity contribution in [3.05, 3.63) is 63.9 Å². The number of ether oxygens (including phenoxy) is 2. The molecule has 5 heteroatoms. The average Bonchev–Trinajstić information content (AvgIpc) is 2.98. The van der Waals surface area contributed by atoms with Gasteiger partial charge in [0.2, 0.25) is 5.78 Å². The third kappa shape index (κ3) is 3.36. The third-order valence-corrected chi connectivity index (χ3v) is 5.18. The Bertz CT molecular complexity index is 926. The summed E-state index contributed by atoms with van der Waals surface area (Å²) in [6.07, 6.45) is 1.78. The lowest BCUT2D eigenvalue weighted by Gasteiger charge is -2.27. The Hall–Kier alpha value is -2.63. The van der Waals surface area contributed by atoms with E-state index < -0.39 is 0 Å². The van der Waals surface area contributed by atoms with Crippen LogP contribution in [0.3, 0.4) is 0 Å². The number of morpholine rings is 1. The van der Waals surface area contributed by atoms with Crippen LogP contribution in [0.2, 0.25) is 0 Å². The largest absolute Gasteiger partial charge is 0.507 e. The number of benzene rings is 2. The molecule has 27 heavy (non-hydrogen) atoms. The molecule has 2 aliphatic heterocycles. The zero-order valence-electron chi connectivity index (χ0n) is 15.6. The van der Waals surface area contributed by atoms with E-state index in [1.807, 2.05) is 38.1 Å². The molecule has 2 aliphatic rings. The van der Waals surface area contributed by atoms with E-state index in [2.05, 4.69) is 4.90 Å². The van der Waals surface area contributed by atoms with E-state index in [9.17, 15) is 9.90 Å². The van der Waals surface area contributed by atoms with Crippen LogP contribution in [0.1, 0.15) is 32.6 Å². The summed E-state index contributed by atoms with van der Waals surface area (Å²) in [5.74, 6) is 0.830. The van der Waals surface area contributed by atoms with Crippen molar-refractivity contribution in [1.82, 2.24) is 4.90 Å². The fourth-order valence-electron chi connectivity index (χ4n) is 3.61. The van der Waals surface area contributed by atoms with Gasteiger partial charge in [-0.25, -0.2) is 0 Å². The maximum absolute atomic E-state index is 13.0. The molecule has 4 rings (SSSR count). The zero-order chi connectivity index (χ0) is 19.0. The molecule has 2 aromatic rings. The van der Waals surface area contributed by atoms with Gasteiger partial charge in [-0.3, -0.25) is 9.69 Å². The predicted molar refractivity (Wildman–Crippen MR) is 103 cm³/mol. The predicted octanol–water partition coefficient (Wildman–Crippen LogP) is 3.46. The molecule has 1 fully saturated rings. The van der Waals surface area contributed by atoms with Crippen LogP contribution in [-0.2, 0) is 11.3 Å². The minimum absolute atomic E-state index is 0.131. The van der Waals surface area contributed by atoms with Crippen molar-refractivity contribution in [2.45, 2.75) is 20.4 Å². The first-order chi connectivity index (χ1) is 13.0. The van der Waals surface area contributed by atoms with Crippen molar-refractivity contribution in [3.63, 3.8) is 0 Å². The molecular formula is C22H23NO4. The highest BCUT2D eigenvalue weighted by Gasteiger charge is 2.33. The number of phenols is 1. The third-order valence-electron chi connectivity index (χ3n) is 5.18. The lowest BCUT2D eigenvalue weighted by molar-refractivity contribution is 0.0336. The maximum atomic E-state index is 13.0. The van der Waals surface area contributed by atoms with Crippen LogP contribution >= 0.6 is 0 Å². The Morgan fingerprint density at radius 2 is 1.89 bits per heavy atom. The van der Waals surface area contributed by atoms with Gasteiger partial charge in [-0.15, -0.1) is 0 Å². The number of hydrogen-bond donors (Lipinski definition) is 1. The standard InChI is InChI=1S/C22H23NO4/c1-14-5-3-4-6-16(14)12-19-21(25)20-15(2)11-18(24)17(22(20)27-19)13-23-7-9-26-10-8-23/h3-6,11-12,24H,7-10,13H2,1-2H3/b19-12-. The summed E-state index contributed by atoms with van der Waals surface area (Å²) in [6.45, 7) is 7.29. The monoisotopic (exact) mass is 365 g/mol. The van der Waals surface area contributed by atoms with Crippen molar-refractivity contribution in [2.75, 3.05) is 26.3 Å². The number of fused-ring (bicyclic) bond motifs is 1. The van der Waals surface area contributed by atoms with E-state index in [1.54, 1.807) is 12.1 Å². The second-order valence-electron chi connectivity index (χ2n) is 7.08. The SMILES string of the molecule is Cc1ccccc1/C=C1\Oc2c(CN3CCOCC3)c(O)cc(C)c2C1=O. The molecule has 0 radical (unpaired) electrons. The number of carbonyl (C=O) groups is 1. The summed E-state index contributed by atoms with van der Waals surface area (Å²) < 4.78 is 11.4. The molecule has 0 aromatic heterocycles. The highest BCUT2D eigenvalue weighted by Crippen LogP contribution is 2.42. The molecule has 0 spiro atoms. The molecule has 0 atom stereocenters. The Balaban J connectivity index is 1.72. The number of carbonyl (C=O) groups excluding carboxylic acids is 1. The first kappa shape index (κ1) is 17.8. The highest BCUT2D eigenvalue weighted by atomic mass is 16.5. The van der Waals surface area contributed by atoms with Gasteiger partial charge in [-0.05, 0) is 42.7 Å². The van der Waals surface area contributed by atoms with Crippen LogP contribution in [0, 0.1) is 13.8 Å². The number of nitrogens with zero attached hydrogens (tertiary/aromatic N) is 1. The average molecular weight is 365 g/mol. The summed E-state index contributed by atoms with van der Waals surface area (Å²) in [7, 11) is 0. The van der Waals surface area contributed by atoms with Crippen LogP contribution in [-0.4, -0.2) is 42.1 Å². The molecule has 5 nitrogen and oxygen atoms in total. The summed E-state index contributed by atoms with van der Waals surface area (Å²) in [4.78, 5) is 15.2. The van der Waals surface area contributed by atoms with Gasteiger partial charge in [-0.2, -0.15) is 0 Å². The Morgan fingerprint density at radius 3 is 2.63 bits per heavy atom. The van der Waals surface area contributed by atoms with E-state index in [-0.39, 0.29) is 11.5 Å². The Kier molecular flexibility index (Phi) is 4.72. The lowest BCUT2D eigenvalue weighted by atomic mass is 9.98. The van der Waals surface area contributed by atoms with Crippen LogP contribution in [0.4, 0.5) is 0 Å². The van der Waals surface area contributed by atoms with E-state index in [4.69, 9.17) is 9.47 Å². The highest BCUT2D eigenvalue weighted by molar-refractivity contribution is 6.15. The number of allylic oxidation sites excluding steroid dienone is 1. The van der Waals surface area contributed by atoms with Crippen molar-refractivity contribution in [1.29, 1.82) is 0 Å². The normalized spacial score (nSPS) is 18.6. The minimum Gasteiger partial charge on any atom is -0.507 e. The number of phenolic OH excluding ortho intramolecular Hbond substituents is 1. The Labute approximate surface area is 158 Å². The number of hydrogen-bond acceptors (Lipinski definition) is 5. The second kappa shape index (κ2) is 7.18. The van der Waals surface area contributed by atoms with Crippen molar-refractivity contribution >= 4 is 11.9 Å². The molecule has 140 valence electrons. The molecule has 2 heterocycles. The van der Waals surface area contributed by atoms with Gasteiger partial charge in [0.1, 0.15) is 11.5 Å². The number of aromatic hydroxyl groups is 1. The first-order valence-electron chi connectivity index (χ1n) is 9.20. The number of Topliss-reactive ketones (excluding diaryl/α,β-unsaturated/α-hetero) is 1. The first-order valence-corrected chi connectivity index (χ1v) is 9.20. The summed E-state index contributed by atoms with van der Waals surface area (Å²) in [5, 5.41) is 10.5. The number of ketones is 1. The topological polar surface area (TPSA) is 59.0 Å². The molecule has 0 bridgehead atoms. The van der Waals surface area contributed by atoms with Gasteiger partial charge in [0.05, 0.1) is 24.3 Å². The minimum atomic E-state index is -0.131. The molecule has 0 unspecified atom stereocenters. The van der Waals surface area contributed by atoms with Gasteiger partial charge in [0, 0.05) is 19.6 Å². The van der Waals surface area contributed by atoms with Gasteiger partial charge in [0.25, 0.3) is 0 Å². The summed E-state index contributed by atoms with van der Waals surface area (Å²) in [5.41, 5.74) is 3.97. The fourth-order valence-corrected chi connectivity index (χ4v) is 3.61. The van der Waals surface area contributed by atoms with Crippen LogP contribution in [0.5, 0.6) is 11.5 Å². The van der Waals surface area contributed by atoms with E-state index in [0.717, 1.165) is 29.8 Å². The smallest absolute Gasteiger partial charge is 0.232 e. The van der Waals surface area contributed by atoms with Crippen LogP contribution in [0.15, 0.2) is 36.1 Å². The molecule has 0 aliphatic carbocycles. The maximum Gasteiger partial charge on any atom is 0.232 e. The fraction of sp³-hybridized carbons (Fsp3) is 0.318. The van der Waals surface area contributed by atoms with Gasteiger partial charge >= 0.3 is 0 Å². The second-order valence-corrected chi connectivity index (χ2v) is 7.08. The summed E-state index contributed by atoms with van der Waals surface area (Å²) >= 11 is 0. The molecule has 1 saturated heterocycles. The van der Waals surface area contributed by atoms with Crippen molar-refractivity contribution in [3.8, 4) is 11.5 Å². The molecule has 2 aromatic carbocycles. The van der Waals surface area contributed by atoms with Crippen molar-refractivity contribution < 1.29 is 19.4 Å². The summed E-state index contributed by atoms with van der Waals surface area (Å²) in [6, 6.07) is 9.52. The van der Waals surface area contributed by atoms with Crippen molar-refractivity contribution in [2.24, 2.45) is 0 Å². The van der Waals surface area contributed by atoms with Crippen LogP contribution in [0.25, 0.3) is 6.08 Å². The van der Waals surface area contributed by atoms with Gasteiger partial charge in [0.15, 0.2) is 5.76 Å². The molecular weight excluding hydrogens is 342 g/mol. The van der Waals surface area contributed by atoms with E-state index in [0.29, 0.717) is 42.4 Å². The lowest BCUT2D eigenvalue weighted by Crippen LogP contribution is -2.35. The number of rotatable bonds is 3. The number of aryl methyl sites for hydroxylation is 2. The van der Waals surface area contributed by atoms with Gasteiger partial charge in [-0.1, -0.05) is 24.3 Å². The van der Waals surface area contributed by atoms with Gasteiger partial charge < -0.3 is 14.6 Å². The molecule has 0 amide bonds. The molecule has 0 saturated carbocycles. The Morgan fingerprint density at radius 1 is 1.15 bits per heavy atom. The quantitative estimate of drug-likeness (QED) is 0.844. The van der Waals surface area contributed by atoms with E-state index >= 15 is 0 Å².